The van der Waals surface area contributed by atoms with E-state index in [2.05, 4.69) is 5.32 Å². The second-order valence-electron chi connectivity index (χ2n) is 4.16. The van der Waals surface area contributed by atoms with Crippen molar-refractivity contribution in [2.24, 2.45) is 5.92 Å². The zero-order chi connectivity index (χ0) is 10.8. The molecule has 2 amide bonds. The maximum absolute atomic E-state index is 11.6. The summed E-state index contributed by atoms with van der Waals surface area (Å²) < 4.78 is 5.29. The topological polar surface area (TPSA) is 58.6 Å². The van der Waals surface area contributed by atoms with E-state index in [1.807, 2.05) is 6.92 Å². The van der Waals surface area contributed by atoms with Crippen molar-refractivity contribution in [2.45, 2.75) is 19.4 Å². The first-order chi connectivity index (χ1) is 7.18. The van der Waals surface area contributed by atoms with Crippen molar-refractivity contribution in [1.29, 1.82) is 0 Å². The highest BCUT2D eigenvalue weighted by Gasteiger charge is 2.33. The van der Waals surface area contributed by atoms with Gasteiger partial charge in [0, 0.05) is 18.6 Å². The van der Waals surface area contributed by atoms with Gasteiger partial charge in [0.15, 0.2) is 0 Å². The van der Waals surface area contributed by atoms with E-state index in [0.29, 0.717) is 12.5 Å². The molecule has 2 rings (SSSR count). The standard InChI is InChI=1S/C10H16N2O3/c1-7(8-2-3-15-6-8)12-5-9(13)11-4-10(12)14/h7-8H,2-6H2,1H3,(H,11,13). The predicted molar refractivity (Wildman–Crippen MR) is 53.1 cm³/mol. The molecule has 0 aromatic carbocycles. The van der Waals surface area contributed by atoms with E-state index < -0.39 is 0 Å². The average molecular weight is 212 g/mol. The molecule has 0 aliphatic carbocycles. The fourth-order valence-corrected chi connectivity index (χ4v) is 2.13. The second-order valence-corrected chi connectivity index (χ2v) is 4.16. The minimum atomic E-state index is -0.0691. The van der Waals surface area contributed by atoms with Gasteiger partial charge in [0.1, 0.15) is 0 Å². The molecule has 0 spiro atoms. The van der Waals surface area contributed by atoms with Crippen LogP contribution in [0.25, 0.3) is 0 Å². The van der Waals surface area contributed by atoms with Crippen molar-refractivity contribution in [3.8, 4) is 0 Å². The molecule has 0 aromatic rings. The zero-order valence-corrected chi connectivity index (χ0v) is 8.86. The molecule has 2 aliphatic heterocycles. The smallest absolute Gasteiger partial charge is 0.242 e. The Hall–Kier alpha value is -1.10. The molecule has 15 heavy (non-hydrogen) atoms. The maximum atomic E-state index is 11.6. The first-order valence-electron chi connectivity index (χ1n) is 5.32. The average Bonchev–Trinajstić information content (AvgIpc) is 2.74. The molecule has 5 nitrogen and oxygen atoms in total. The van der Waals surface area contributed by atoms with Gasteiger partial charge in [-0.2, -0.15) is 0 Å². The summed E-state index contributed by atoms with van der Waals surface area (Å²) in [6.45, 7) is 3.79. The Bertz CT molecular complexity index is 274. The normalized spacial score (nSPS) is 29.1. The van der Waals surface area contributed by atoms with Gasteiger partial charge < -0.3 is 15.0 Å². The van der Waals surface area contributed by atoms with Crippen LogP contribution in [0.1, 0.15) is 13.3 Å². The van der Waals surface area contributed by atoms with Crippen LogP contribution in [0, 0.1) is 5.92 Å². The Morgan fingerprint density at radius 2 is 2.33 bits per heavy atom. The summed E-state index contributed by atoms with van der Waals surface area (Å²) in [6.07, 6.45) is 0.979. The molecule has 2 saturated heterocycles. The molecule has 2 atom stereocenters. The van der Waals surface area contributed by atoms with Crippen molar-refractivity contribution in [1.82, 2.24) is 10.2 Å². The number of nitrogens with one attached hydrogen (secondary N) is 1. The van der Waals surface area contributed by atoms with Crippen LogP contribution < -0.4 is 5.32 Å². The fourth-order valence-electron chi connectivity index (χ4n) is 2.13. The molecule has 2 heterocycles. The van der Waals surface area contributed by atoms with Gasteiger partial charge >= 0.3 is 0 Å². The number of carbonyl (C=O) groups is 2. The van der Waals surface area contributed by atoms with Gasteiger partial charge in [0.25, 0.3) is 0 Å². The van der Waals surface area contributed by atoms with E-state index in [-0.39, 0.29) is 30.9 Å². The lowest BCUT2D eigenvalue weighted by Gasteiger charge is -2.34. The third kappa shape index (κ3) is 2.12. The van der Waals surface area contributed by atoms with Crippen LogP contribution >= 0.6 is 0 Å². The number of amides is 2. The highest BCUT2D eigenvalue weighted by atomic mass is 16.5. The summed E-state index contributed by atoms with van der Waals surface area (Å²) in [5.41, 5.74) is 0. The van der Waals surface area contributed by atoms with Crippen molar-refractivity contribution in [3.63, 3.8) is 0 Å². The number of nitrogens with zero attached hydrogens (tertiary/aromatic N) is 1. The molecule has 1 N–H and O–H groups in total. The van der Waals surface area contributed by atoms with Crippen molar-refractivity contribution in [3.05, 3.63) is 0 Å². The first kappa shape index (κ1) is 10.4. The van der Waals surface area contributed by atoms with E-state index in [4.69, 9.17) is 4.74 Å². The van der Waals surface area contributed by atoms with Crippen LogP contribution in [-0.4, -0.2) is 49.1 Å². The van der Waals surface area contributed by atoms with Crippen LogP contribution in [0.3, 0.4) is 0 Å². The molecule has 0 saturated carbocycles. The molecule has 0 bridgehead atoms. The highest BCUT2D eigenvalue weighted by Crippen LogP contribution is 2.21. The van der Waals surface area contributed by atoms with E-state index in [1.54, 1.807) is 4.90 Å². The zero-order valence-electron chi connectivity index (χ0n) is 8.86. The quantitative estimate of drug-likeness (QED) is 0.663. The SMILES string of the molecule is CC(C1CCOC1)N1CC(=O)NCC1=O. The summed E-state index contributed by atoms with van der Waals surface area (Å²) >= 11 is 0. The van der Waals surface area contributed by atoms with Gasteiger partial charge in [-0.1, -0.05) is 0 Å². The van der Waals surface area contributed by atoms with Gasteiger partial charge in [-0.05, 0) is 13.3 Å². The third-order valence-electron chi connectivity index (χ3n) is 3.21. The van der Waals surface area contributed by atoms with Gasteiger partial charge in [-0.3, -0.25) is 9.59 Å². The molecule has 2 fully saturated rings. The second kappa shape index (κ2) is 4.18. The lowest BCUT2D eigenvalue weighted by Crippen LogP contribution is -2.56. The Labute approximate surface area is 88.8 Å². The first-order valence-corrected chi connectivity index (χ1v) is 5.32. The summed E-state index contributed by atoms with van der Waals surface area (Å²) in [4.78, 5) is 24.5. The Morgan fingerprint density at radius 1 is 1.53 bits per heavy atom. The number of rotatable bonds is 2. The highest BCUT2D eigenvalue weighted by molar-refractivity contribution is 5.92. The minimum absolute atomic E-state index is 0.00833. The number of carbonyl (C=O) groups excluding carboxylic acids is 2. The van der Waals surface area contributed by atoms with E-state index in [0.717, 1.165) is 13.0 Å². The fraction of sp³-hybridized carbons (Fsp3) is 0.800. The third-order valence-corrected chi connectivity index (χ3v) is 3.21. The summed E-state index contributed by atoms with van der Waals surface area (Å²) in [5.74, 6) is 0.314. The molecule has 0 aromatic heterocycles. The monoisotopic (exact) mass is 212 g/mol. The van der Waals surface area contributed by atoms with Crippen molar-refractivity contribution >= 4 is 11.8 Å². The van der Waals surface area contributed by atoms with Crippen LogP contribution in [0.4, 0.5) is 0 Å². The predicted octanol–water partition coefficient (Wildman–Crippen LogP) is -0.630. The van der Waals surface area contributed by atoms with Crippen LogP contribution in [-0.2, 0) is 14.3 Å². The molecule has 2 unspecified atom stereocenters. The number of piperazine rings is 1. The molecule has 0 radical (unpaired) electrons. The molecule has 2 aliphatic rings. The molecular weight excluding hydrogens is 196 g/mol. The lowest BCUT2D eigenvalue weighted by atomic mass is 9.98. The van der Waals surface area contributed by atoms with Gasteiger partial charge in [-0.25, -0.2) is 0 Å². The van der Waals surface area contributed by atoms with Crippen LogP contribution in [0.5, 0.6) is 0 Å². The number of ether oxygens (including phenoxy) is 1. The van der Waals surface area contributed by atoms with Crippen molar-refractivity contribution in [2.75, 3.05) is 26.3 Å². The Morgan fingerprint density at radius 3 is 3.00 bits per heavy atom. The van der Waals surface area contributed by atoms with Gasteiger partial charge in [0.2, 0.25) is 11.8 Å². The van der Waals surface area contributed by atoms with Gasteiger partial charge in [-0.15, -0.1) is 0 Å². The molecule has 5 heteroatoms. The Balaban J connectivity index is 2.00. The van der Waals surface area contributed by atoms with Crippen molar-refractivity contribution < 1.29 is 14.3 Å². The Kier molecular flexibility index (Phi) is 2.90. The van der Waals surface area contributed by atoms with E-state index in [9.17, 15) is 9.59 Å². The number of hydrogen-bond acceptors (Lipinski definition) is 3. The molecular formula is C10H16N2O3. The van der Waals surface area contributed by atoms with Gasteiger partial charge in [0.05, 0.1) is 19.7 Å². The lowest BCUT2D eigenvalue weighted by molar-refractivity contribution is -0.143. The molecule has 84 valence electrons. The van der Waals surface area contributed by atoms with E-state index >= 15 is 0 Å². The maximum Gasteiger partial charge on any atom is 0.242 e. The summed E-state index contributed by atoms with van der Waals surface area (Å²) in [5, 5.41) is 2.55. The summed E-state index contributed by atoms with van der Waals surface area (Å²) in [7, 11) is 0. The van der Waals surface area contributed by atoms with Crippen LogP contribution in [0.15, 0.2) is 0 Å². The summed E-state index contributed by atoms with van der Waals surface area (Å²) in [6, 6.07) is 0.103. The largest absolute Gasteiger partial charge is 0.381 e. The minimum Gasteiger partial charge on any atom is -0.381 e. The van der Waals surface area contributed by atoms with E-state index in [1.165, 1.54) is 0 Å². The number of hydrogen-bond donors (Lipinski definition) is 1. The van der Waals surface area contributed by atoms with Crippen LogP contribution in [0.2, 0.25) is 0 Å².